The van der Waals surface area contributed by atoms with Gasteiger partial charge in [0.2, 0.25) is 5.91 Å². The summed E-state index contributed by atoms with van der Waals surface area (Å²) < 4.78 is 46.7. The summed E-state index contributed by atoms with van der Waals surface area (Å²) in [5.74, 6) is -2.74. The van der Waals surface area contributed by atoms with E-state index in [1.165, 1.54) is 31.4 Å². The van der Waals surface area contributed by atoms with Gasteiger partial charge >= 0.3 is 12.2 Å². The Balaban J connectivity index is 1.95. The molecule has 29 heavy (non-hydrogen) atoms. The third-order valence-corrected chi connectivity index (χ3v) is 4.31. The van der Waals surface area contributed by atoms with Crippen LogP contribution in [0.5, 0.6) is 5.75 Å². The van der Waals surface area contributed by atoms with E-state index in [1.54, 1.807) is 41.0 Å². The molecule has 1 saturated heterocycles. The van der Waals surface area contributed by atoms with Crippen LogP contribution in [0.1, 0.15) is 5.56 Å². The number of para-hydroxylation sites is 2. The van der Waals surface area contributed by atoms with E-state index in [9.17, 15) is 27.6 Å². The molecule has 1 heterocycles. The molecule has 0 radical (unpaired) electrons. The average molecular weight is 407 g/mol. The van der Waals surface area contributed by atoms with Crippen LogP contribution in [0, 0.1) is 0 Å². The number of urea groups is 1. The zero-order valence-corrected chi connectivity index (χ0v) is 15.1. The first-order chi connectivity index (χ1) is 13.7. The van der Waals surface area contributed by atoms with E-state index in [4.69, 9.17) is 4.74 Å². The van der Waals surface area contributed by atoms with Crippen LogP contribution in [-0.4, -0.2) is 36.8 Å². The van der Waals surface area contributed by atoms with Crippen molar-refractivity contribution >= 4 is 23.5 Å². The molecule has 2 N–H and O–H groups in total. The highest BCUT2D eigenvalue weighted by molar-refractivity contribution is 6.24. The van der Waals surface area contributed by atoms with Crippen molar-refractivity contribution in [3.63, 3.8) is 0 Å². The largest absolute Gasteiger partial charge is 0.495 e. The molecule has 2 aromatic carbocycles. The lowest BCUT2D eigenvalue weighted by Crippen LogP contribution is -2.69. The Hall–Kier alpha value is -3.56. The second-order valence-corrected chi connectivity index (χ2v) is 6.20. The van der Waals surface area contributed by atoms with Crippen LogP contribution in [0.2, 0.25) is 0 Å². The van der Waals surface area contributed by atoms with Crippen LogP contribution in [-0.2, 0) is 16.0 Å². The number of ether oxygens (including phenoxy) is 1. The maximum Gasteiger partial charge on any atom is 0.440 e. The van der Waals surface area contributed by atoms with E-state index >= 15 is 0 Å². The summed E-state index contributed by atoms with van der Waals surface area (Å²) in [6.45, 7) is 0. The average Bonchev–Trinajstić information content (AvgIpc) is 2.93. The summed E-state index contributed by atoms with van der Waals surface area (Å²) in [5, 5.41) is 3.27. The summed E-state index contributed by atoms with van der Waals surface area (Å²) in [6.07, 6.45) is -5.70. The molecule has 10 heteroatoms. The fourth-order valence-electron chi connectivity index (χ4n) is 2.95. The predicted octanol–water partition coefficient (Wildman–Crippen LogP) is 2.37. The highest BCUT2D eigenvalue weighted by Gasteiger charge is 2.69. The molecule has 3 rings (SSSR count). The second-order valence-electron chi connectivity index (χ2n) is 6.20. The van der Waals surface area contributed by atoms with Gasteiger partial charge in [-0.3, -0.25) is 14.9 Å². The third kappa shape index (κ3) is 3.60. The standard InChI is InChI=1S/C19H16F3N3O4/c1-29-14-10-6-5-9-13(14)25-16(27)18(19(20,21)22,24-17(25)28)23-15(26)11-12-7-3-2-4-8-12/h2-10H,11H2,1H3,(H,23,26)(H,24,28)/t18-/m1/s1. The van der Waals surface area contributed by atoms with Gasteiger partial charge in [-0.15, -0.1) is 0 Å². The number of nitrogens with zero attached hydrogens (tertiary/aromatic N) is 1. The molecule has 1 fully saturated rings. The van der Waals surface area contributed by atoms with Gasteiger partial charge in [-0.25, -0.2) is 9.69 Å². The number of imide groups is 1. The zero-order chi connectivity index (χ0) is 21.2. The van der Waals surface area contributed by atoms with Crippen molar-refractivity contribution in [3.8, 4) is 5.75 Å². The van der Waals surface area contributed by atoms with E-state index in [0.29, 0.717) is 10.5 Å². The SMILES string of the molecule is COc1ccccc1N1C(=O)N[C@@](NC(=O)Cc2ccccc2)(C(F)(F)F)C1=O. The summed E-state index contributed by atoms with van der Waals surface area (Å²) in [7, 11) is 1.25. The summed E-state index contributed by atoms with van der Waals surface area (Å²) in [6, 6.07) is 12.3. The van der Waals surface area contributed by atoms with E-state index in [1.807, 2.05) is 0 Å². The van der Waals surface area contributed by atoms with Gasteiger partial charge in [0.05, 0.1) is 19.2 Å². The smallest absolute Gasteiger partial charge is 0.440 e. The lowest BCUT2D eigenvalue weighted by atomic mass is 10.1. The first-order valence-electron chi connectivity index (χ1n) is 8.41. The summed E-state index contributed by atoms with van der Waals surface area (Å²) in [5.41, 5.74) is -3.32. The molecule has 0 saturated carbocycles. The molecule has 0 unspecified atom stereocenters. The Morgan fingerprint density at radius 3 is 2.34 bits per heavy atom. The number of hydrogen-bond donors (Lipinski definition) is 2. The number of alkyl halides is 3. The quantitative estimate of drug-likeness (QED) is 0.745. The van der Waals surface area contributed by atoms with Gasteiger partial charge in [-0.05, 0) is 17.7 Å². The lowest BCUT2D eigenvalue weighted by molar-refractivity contribution is -0.201. The topological polar surface area (TPSA) is 87.7 Å². The molecule has 0 aliphatic carbocycles. The minimum absolute atomic E-state index is 0.0181. The van der Waals surface area contributed by atoms with Gasteiger partial charge < -0.3 is 10.1 Å². The first-order valence-corrected chi connectivity index (χ1v) is 8.41. The number of rotatable bonds is 5. The van der Waals surface area contributed by atoms with Gasteiger partial charge in [-0.1, -0.05) is 42.5 Å². The van der Waals surface area contributed by atoms with Gasteiger partial charge in [0.25, 0.3) is 11.6 Å². The van der Waals surface area contributed by atoms with Crippen molar-refractivity contribution in [1.29, 1.82) is 0 Å². The number of hydrogen-bond acceptors (Lipinski definition) is 4. The highest BCUT2D eigenvalue weighted by atomic mass is 19.4. The fraction of sp³-hybridized carbons (Fsp3) is 0.211. The minimum atomic E-state index is -5.29. The number of nitrogens with one attached hydrogen (secondary N) is 2. The van der Waals surface area contributed by atoms with Gasteiger partial charge in [0.15, 0.2) is 0 Å². The van der Waals surface area contributed by atoms with Crippen molar-refractivity contribution in [3.05, 3.63) is 60.2 Å². The van der Waals surface area contributed by atoms with Gasteiger partial charge in [-0.2, -0.15) is 13.2 Å². The molecular weight excluding hydrogens is 391 g/mol. The Morgan fingerprint density at radius 1 is 1.10 bits per heavy atom. The van der Waals surface area contributed by atoms with E-state index < -0.39 is 36.1 Å². The number of carbonyl (C=O) groups is 3. The molecule has 1 atom stereocenters. The molecule has 0 bridgehead atoms. The van der Waals surface area contributed by atoms with E-state index in [2.05, 4.69) is 0 Å². The number of methoxy groups -OCH3 is 1. The summed E-state index contributed by atoms with van der Waals surface area (Å²) in [4.78, 5) is 37.7. The number of anilines is 1. The van der Waals surface area contributed by atoms with Crippen LogP contribution in [0.25, 0.3) is 0 Å². The zero-order valence-electron chi connectivity index (χ0n) is 15.1. The minimum Gasteiger partial charge on any atom is -0.495 e. The third-order valence-electron chi connectivity index (χ3n) is 4.31. The Morgan fingerprint density at radius 2 is 1.72 bits per heavy atom. The van der Waals surface area contributed by atoms with Crippen molar-refractivity contribution in [2.24, 2.45) is 0 Å². The Kier molecular flexibility index (Phi) is 5.19. The first kappa shape index (κ1) is 20.2. The van der Waals surface area contributed by atoms with Crippen LogP contribution in [0.3, 0.4) is 0 Å². The molecule has 0 aromatic heterocycles. The van der Waals surface area contributed by atoms with E-state index in [-0.39, 0.29) is 11.4 Å². The molecule has 4 amide bonds. The van der Waals surface area contributed by atoms with Gasteiger partial charge in [0, 0.05) is 0 Å². The molecule has 7 nitrogen and oxygen atoms in total. The highest BCUT2D eigenvalue weighted by Crippen LogP contribution is 2.38. The second kappa shape index (κ2) is 7.46. The lowest BCUT2D eigenvalue weighted by Gasteiger charge is -2.30. The number of carbonyl (C=O) groups excluding carboxylic acids is 3. The number of halogens is 3. The van der Waals surface area contributed by atoms with Crippen molar-refractivity contribution in [1.82, 2.24) is 10.6 Å². The molecule has 1 aliphatic rings. The molecule has 152 valence electrons. The normalized spacial score (nSPS) is 19.1. The van der Waals surface area contributed by atoms with Crippen LogP contribution in [0.4, 0.5) is 23.7 Å². The monoisotopic (exact) mass is 407 g/mol. The Labute approximate surface area is 163 Å². The Bertz CT molecular complexity index is 949. The van der Waals surface area contributed by atoms with Crippen LogP contribution >= 0.6 is 0 Å². The number of benzene rings is 2. The molecule has 2 aromatic rings. The maximum atomic E-state index is 13.9. The molecular formula is C19H16F3N3O4. The number of amides is 4. The summed E-state index contributed by atoms with van der Waals surface area (Å²) >= 11 is 0. The van der Waals surface area contributed by atoms with Crippen molar-refractivity contribution in [2.75, 3.05) is 12.0 Å². The van der Waals surface area contributed by atoms with Crippen molar-refractivity contribution < 1.29 is 32.3 Å². The molecule has 1 aliphatic heterocycles. The van der Waals surface area contributed by atoms with Gasteiger partial charge in [0.1, 0.15) is 5.75 Å². The van der Waals surface area contributed by atoms with Crippen molar-refractivity contribution in [2.45, 2.75) is 18.3 Å². The maximum absolute atomic E-state index is 13.9. The van der Waals surface area contributed by atoms with Crippen LogP contribution in [0.15, 0.2) is 54.6 Å². The fourth-order valence-corrected chi connectivity index (χ4v) is 2.95. The molecule has 0 spiro atoms. The predicted molar refractivity (Wildman–Crippen MR) is 96.1 cm³/mol. The van der Waals surface area contributed by atoms with Crippen LogP contribution < -0.4 is 20.3 Å². The van der Waals surface area contributed by atoms with E-state index in [0.717, 1.165) is 0 Å².